The van der Waals surface area contributed by atoms with Crippen LogP contribution in [-0.2, 0) is 0 Å². The molecule has 1 aliphatic heterocycles. The molecule has 0 radical (unpaired) electrons. The largest absolute Gasteiger partial charge is 0.298 e. The zero-order valence-electron chi connectivity index (χ0n) is 10.8. The Morgan fingerprint density at radius 1 is 1.29 bits per heavy atom. The van der Waals surface area contributed by atoms with Crippen LogP contribution in [0, 0.1) is 5.41 Å². The highest BCUT2D eigenvalue weighted by Gasteiger charge is 2.39. The van der Waals surface area contributed by atoms with Gasteiger partial charge in [-0.2, -0.15) is 0 Å². The van der Waals surface area contributed by atoms with Crippen molar-refractivity contribution in [2.75, 3.05) is 13.6 Å². The molecule has 0 saturated carbocycles. The molecule has 0 aliphatic carbocycles. The highest BCUT2D eigenvalue weighted by molar-refractivity contribution is 6.30. The fourth-order valence-corrected chi connectivity index (χ4v) is 2.95. The zero-order valence-corrected chi connectivity index (χ0v) is 11.6. The normalized spacial score (nSPS) is 24.9. The van der Waals surface area contributed by atoms with Gasteiger partial charge in [-0.15, -0.1) is 0 Å². The quantitative estimate of drug-likeness (QED) is 0.671. The van der Waals surface area contributed by atoms with Gasteiger partial charge >= 0.3 is 0 Å². The SMILES string of the molecule is C=C1CCN(C)C(c2ccc(Cl)cc2)C1(C)C. The summed E-state index contributed by atoms with van der Waals surface area (Å²) in [5.74, 6) is 0. The molecule has 1 saturated heterocycles. The molecule has 1 fully saturated rings. The van der Waals surface area contributed by atoms with Crippen molar-refractivity contribution in [2.45, 2.75) is 26.3 Å². The van der Waals surface area contributed by atoms with E-state index in [1.54, 1.807) is 0 Å². The van der Waals surface area contributed by atoms with E-state index in [0.29, 0.717) is 6.04 Å². The fraction of sp³-hybridized carbons (Fsp3) is 0.467. The molecule has 2 heteroatoms. The minimum Gasteiger partial charge on any atom is -0.298 e. The minimum atomic E-state index is 0.112. The van der Waals surface area contributed by atoms with Crippen molar-refractivity contribution < 1.29 is 0 Å². The van der Waals surface area contributed by atoms with E-state index in [9.17, 15) is 0 Å². The summed E-state index contributed by atoms with van der Waals surface area (Å²) in [5, 5.41) is 0.795. The van der Waals surface area contributed by atoms with E-state index in [2.05, 4.69) is 44.5 Å². The Kier molecular flexibility index (Phi) is 3.33. The van der Waals surface area contributed by atoms with Crippen LogP contribution in [0.1, 0.15) is 31.9 Å². The molecule has 1 aromatic carbocycles. The molecule has 1 aliphatic rings. The number of benzene rings is 1. The van der Waals surface area contributed by atoms with Crippen LogP contribution in [0.2, 0.25) is 5.02 Å². The number of halogens is 1. The molecular formula is C15H20ClN. The Hall–Kier alpha value is -0.790. The maximum Gasteiger partial charge on any atom is 0.0433 e. The standard InChI is InChI=1S/C15H20ClN/c1-11-9-10-17(4)14(15(11,2)3)12-5-7-13(16)8-6-12/h5-8,14H,1,9-10H2,2-4H3. The summed E-state index contributed by atoms with van der Waals surface area (Å²) in [7, 11) is 2.19. The number of rotatable bonds is 1. The van der Waals surface area contributed by atoms with Crippen LogP contribution in [0.4, 0.5) is 0 Å². The summed E-state index contributed by atoms with van der Waals surface area (Å²) in [5.41, 5.74) is 2.78. The number of hydrogen-bond acceptors (Lipinski definition) is 1. The molecule has 0 bridgehead atoms. The van der Waals surface area contributed by atoms with Crippen LogP contribution < -0.4 is 0 Å². The summed E-state index contributed by atoms with van der Waals surface area (Å²) >= 11 is 5.96. The van der Waals surface area contributed by atoms with E-state index >= 15 is 0 Å². The van der Waals surface area contributed by atoms with Crippen molar-refractivity contribution in [2.24, 2.45) is 5.41 Å². The predicted molar refractivity (Wildman–Crippen MR) is 74.4 cm³/mol. The van der Waals surface area contributed by atoms with E-state index < -0.39 is 0 Å². The van der Waals surface area contributed by atoms with E-state index in [0.717, 1.165) is 18.0 Å². The average Bonchev–Trinajstić information content (AvgIpc) is 2.27. The van der Waals surface area contributed by atoms with Gasteiger partial charge < -0.3 is 0 Å². The van der Waals surface area contributed by atoms with Crippen LogP contribution in [0.15, 0.2) is 36.4 Å². The summed E-state index contributed by atoms with van der Waals surface area (Å²) in [6.45, 7) is 9.88. The average molecular weight is 250 g/mol. The zero-order chi connectivity index (χ0) is 12.6. The first kappa shape index (κ1) is 12.7. The van der Waals surface area contributed by atoms with Gasteiger partial charge in [0.2, 0.25) is 0 Å². The molecule has 1 heterocycles. The minimum absolute atomic E-state index is 0.112. The third-order valence-electron chi connectivity index (χ3n) is 3.99. The van der Waals surface area contributed by atoms with Gasteiger partial charge in [-0.25, -0.2) is 0 Å². The topological polar surface area (TPSA) is 3.24 Å². The Morgan fingerprint density at radius 3 is 2.47 bits per heavy atom. The maximum absolute atomic E-state index is 5.96. The molecule has 0 N–H and O–H groups in total. The molecule has 1 nitrogen and oxygen atoms in total. The van der Waals surface area contributed by atoms with Crippen molar-refractivity contribution in [3.63, 3.8) is 0 Å². The van der Waals surface area contributed by atoms with Crippen LogP contribution in [-0.4, -0.2) is 18.5 Å². The molecule has 0 spiro atoms. The molecule has 2 rings (SSSR count). The predicted octanol–water partition coefficient (Wildman–Crippen LogP) is 4.30. The molecule has 1 aromatic rings. The molecule has 0 aromatic heterocycles. The molecule has 1 atom stereocenters. The lowest BCUT2D eigenvalue weighted by molar-refractivity contribution is 0.106. The third-order valence-corrected chi connectivity index (χ3v) is 4.24. The second-order valence-corrected chi connectivity index (χ2v) is 5.95. The van der Waals surface area contributed by atoms with Gasteiger partial charge in [0.1, 0.15) is 0 Å². The first-order chi connectivity index (χ1) is 7.93. The van der Waals surface area contributed by atoms with Crippen LogP contribution in [0.5, 0.6) is 0 Å². The second-order valence-electron chi connectivity index (χ2n) is 5.51. The van der Waals surface area contributed by atoms with Crippen molar-refractivity contribution >= 4 is 11.6 Å². The van der Waals surface area contributed by atoms with Gasteiger partial charge in [0.25, 0.3) is 0 Å². The molecular weight excluding hydrogens is 230 g/mol. The van der Waals surface area contributed by atoms with Gasteiger partial charge in [0, 0.05) is 23.0 Å². The first-order valence-corrected chi connectivity index (χ1v) is 6.44. The number of piperidine rings is 1. The monoisotopic (exact) mass is 249 g/mol. The summed E-state index contributed by atoms with van der Waals surface area (Å²) in [6.07, 6.45) is 1.09. The Labute approximate surface area is 109 Å². The Balaban J connectivity index is 2.40. The second kappa shape index (κ2) is 4.47. The smallest absolute Gasteiger partial charge is 0.0433 e. The highest BCUT2D eigenvalue weighted by Crippen LogP contribution is 2.47. The lowest BCUT2D eigenvalue weighted by Gasteiger charge is -2.46. The molecule has 1 unspecified atom stereocenters. The maximum atomic E-state index is 5.96. The van der Waals surface area contributed by atoms with Gasteiger partial charge in [-0.3, -0.25) is 4.90 Å². The van der Waals surface area contributed by atoms with Crippen LogP contribution in [0.3, 0.4) is 0 Å². The van der Waals surface area contributed by atoms with E-state index in [4.69, 9.17) is 11.6 Å². The Bertz CT molecular complexity index is 419. The van der Waals surface area contributed by atoms with Gasteiger partial charge in [-0.05, 0) is 31.2 Å². The lowest BCUT2D eigenvalue weighted by Crippen LogP contribution is -2.42. The highest BCUT2D eigenvalue weighted by atomic mass is 35.5. The number of hydrogen-bond donors (Lipinski definition) is 0. The summed E-state index contributed by atoms with van der Waals surface area (Å²) in [4.78, 5) is 2.41. The van der Waals surface area contributed by atoms with Crippen molar-refractivity contribution in [3.05, 3.63) is 47.0 Å². The Morgan fingerprint density at radius 2 is 1.88 bits per heavy atom. The molecule has 92 valence electrons. The van der Waals surface area contributed by atoms with Gasteiger partial charge in [0.05, 0.1) is 0 Å². The van der Waals surface area contributed by atoms with Gasteiger partial charge in [-0.1, -0.05) is 49.7 Å². The number of nitrogens with zero attached hydrogens (tertiary/aromatic N) is 1. The van der Waals surface area contributed by atoms with E-state index in [1.807, 2.05) is 12.1 Å². The van der Waals surface area contributed by atoms with Crippen LogP contribution >= 0.6 is 11.6 Å². The van der Waals surface area contributed by atoms with Crippen molar-refractivity contribution in [3.8, 4) is 0 Å². The van der Waals surface area contributed by atoms with Crippen molar-refractivity contribution in [1.82, 2.24) is 4.90 Å². The molecule has 0 amide bonds. The summed E-state index contributed by atoms with van der Waals surface area (Å²) in [6, 6.07) is 8.59. The molecule has 17 heavy (non-hydrogen) atoms. The third kappa shape index (κ3) is 2.27. The summed E-state index contributed by atoms with van der Waals surface area (Å²) < 4.78 is 0. The van der Waals surface area contributed by atoms with E-state index in [1.165, 1.54) is 11.1 Å². The van der Waals surface area contributed by atoms with Crippen molar-refractivity contribution in [1.29, 1.82) is 0 Å². The van der Waals surface area contributed by atoms with Crippen LogP contribution in [0.25, 0.3) is 0 Å². The lowest BCUT2D eigenvalue weighted by atomic mass is 9.71. The first-order valence-electron chi connectivity index (χ1n) is 6.07. The fourth-order valence-electron chi connectivity index (χ4n) is 2.82. The number of likely N-dealkylation sites (tertiary alicyclic amines) is 1. The van der Waals surface area contributed by atoms with Gasteiger partial charge in [0.15, 0.2) is 0 Å². The van der Waals surface area contributed by atoms with E-state index in [-0.39, 0.29) is 5.41 Å².